The van der Waals surface area contributed by atoms with Gasteiger partial charge in [0.25, 0.3) is 5.56 Å². The van der Waals surface area contributed by atoms with E-state index in [9.17, 15) is 9.59 Å². The predicted octanol–water partition coefficient (Wildman–Crippen LogP) is 2.61. The van der Waals surface area contributed by atoms with Crippen molar-refractivity contribution in [1.29, 1.82) is 0 Å². The highest BCUT2D eigenvalue weighted by Crippen LogP contribution is 2.20. The lowest BCUT2D eigenvalue weighted by Crippen LogP contribution is -2.28. The van der Waals surface area contributed by atoms with E-state index in [0.29, 0.717) is 20.9 Å². The van der Waals surface area contributed by atoms with Crippen molar-refractivity contribution < 1.29 is 4.79 Å². The Hall–Kier alpha value is -1.66. The molecule has 0 aliphatic heterocycles. The second-order valence-electron chi connectivity index (χ2n) is 4.11. The number of carbonyl (C=O) groups excluding carboxylic acids is 1. The third-order valence-electron chi connectivity index (χ3n) is 2.62. The van der Waals surface area contributed by atoms with Gasteiger partial charge >= 0.3 is 0 Å². The van der Waals surface area contributed by atoms with E-state index < -0.39 is 0 Å². The second-order valence-corrected chi connectivity index (χ2v) is 5.31. The van der Waals surface area contributed by atoms with E-state index in [-0.39, 0.29) is 18.0 Å². The number of carbonyl (C=O) groups is 1. The van der Waals surface area contributed by atoms with Crippen molar-refractivity contribution in [1.82, 2.24) is 9.55 Å². The van der Waals surface area contributed by atoms with Gasteiger partial charge in [0.15, 0.2) is 0 Å². The van der Waals surface area contributed by atoms with Crippen LogP contribution in [-0.4, -0.2) is 15.5 Å². The number of rotatable bonds is 3. The summed E-state index contributed by atoms with van der Waals surface area (Å²) in [5.41, 5.74) is 0.788. The fourth-order valence-corrected chi connectivity index (χ4v) is 2.08. The first-order valence-corrected chi connectivity index (χ1v) is 6.92. The molecule has 1 aromatic carbocycles. The Morgan fingerprint density at radius 1 is 1.45 bits per heavy atom. The number of hydrogen-bond acceptors (Lipinski definition) is 3. The minimum atomic E-state index is -0.349. The molecule has 1 aromatic heterocycles. The molecule has 0 aliphatic rings. The number of benzene rings is 1. The van der Waals surface area contributed by atoms with Crippen molar-refractivity contribution >= 4 is 39.1 Å². The number of halogens is 2. The first kappa shape index (κ1) is 14.7. The predicted molar refractivity (Wildman–Crippen MR) is 81.0 cm³/mol. The minimum absolute atomic E-state index is 0.129. The Kier molecular flexibility index (Phi) is 4.57. The van der Waals surface area contributed by atoms with Crippen molar-refractivity contribution in [3.63, 3.8) is 0 Å². The molecule has 5 nitrogen and oxygen atoms in total. The Balaban J connectivity index is 2.15. The van der Waals surface area contributed by atoms with E-state index in [1.165, 1.54) is 10.9 Å². The summed E-state index contributed by atoms with van der Waals surface area (Å²) in [5, 5.41) is 3.09. The summed E-state index contributed by atoms with van der Waals surface area (Å²) < 4.78 is 1.58. The number of nitrogens with zero attached hydrogens (tertiary/aromatic N) is 2. The summed E-state index contributed by atoms with van der Waals surface area (Å²) in [6, 6.07) is 6.89. The van der Waals surface area contributed by atoms with Crippen molar-refractivity contribution in [3.05, 3.63) is 56.1 Å². The average molecular weight is 357 g/mol. The van der Waals surface area contributed by atoms with Gasteiger partial charge in [-0.1, -0.05) is 23.7 Å². The van der Waals surface area contributed by atoms with Crippen molar-refractivity contribution in [2.45, 2.75) is 13.5 Å². The summed E-state index contributed by atoms with van der Waals surface area (Å²) in [5.74, 6) is -0.349. The molecule has 1 heterocycles. The van der Waals surface area contributed by atoms with Gasteiger partial charge in [-0.15, -0.1) is 0 Å². The Labute approximate surface area is 128 Å². The number of para-hydroxylation sites is 1. The lowest BCUT2D eigenvalue weighted by molar-refractivity contribution is -0.116. The molecule has 2 rings (SSSR count). The van der Waals surface area contributed by atoms with Gasteiger partial charge in [-0.05, 0) is 35.0 Å². The number of hydrogen-bond donors (Lipinski definition) is 1. The number of amides is 1. The molecule has 0 radical (unpaired) electrons. The van der Waals surface area contributed by atoms with Crippen LogP contribution in [0.15, 0.2) is 39.9 Å². The fraction of sp³-hybridized carbons (Fsp3) is 0.154. The quantitative estimate of drug-likeness (QED) is 0.919. The van der Waals surface area contributed by atoms with E-state index in [1.54, 1.807) is 31.2 Å². The topological polar surface area (TPSA) is 64.0 Å². The highest BCUT2D eigenvalue weighted by Gasteiger charge is 2.10. The zero-order valence-electron chi connectivity index (χ0n) is 10.6. The normalized spacial score (nSPS) is 10.3. The van der Waals surface area contributed by atoms with Crippen LogP contribution in [0.25, 0.3) is 0 Å². The molecule has 0 spiro atoms. The van der Waals surface area contributed by atoms with Gasteiger partial charge in [0.1, 0.15) is 11.0 Å². The monoisotopic (exact) mass is 355 g/mol. The molecule has 7 heteroatoms. The van der Waals surface area contributed by atoms with E-state index >= 15 is 0 Å². The summed E-state index contributed by atoms with van der Waals surface area (Å²) >= 11 is 9.10. The van der Waals surface area contributed by atoms with Crippen LogP contribution < -0.4 is 10.9 Å². The molecule has 1 amide bonds. The van der Waals surface area contributed by atoms with Crippen LogP contribution in [0.3, 0.4) is 0 Å². The highest BCUT2D eigenvalue weighted by atomic mass is 79.9. The maximum Gasteiger partial charge on any atom is 0.268 e. The van der Waals surface area contributed by atoms with E-state index in [0.717, 1.165) is 0 Å². The lowest BCUT2D eigenvalue weighted by Gasteiger charge is -2.09. The Bertz CT molecular complexity index is 715. The van der Waals surface area contributed by atoms with Gasteiger partial charge in [-0.25, -0.2) is 4.98 Å². The molecule has 0 saturated carbocycles. The lowest BCUT2D eigenvalue weighted by atomic mass is 10.3. The van der Waals surface area contributed by atoms with Crippen LogP contribution in [0.5, 0.6) is 0 Å². The molecule has 2 aromatic rings. The van der Waals surface area contributed by atoms with Crippen LogP contribution in [0, 0.1) is 6.92 Å². The van der Waals surface area contributed by atoms with Gasteiger partial charge in [0.2, 0.25) is 5.91 Å². The molecule has 1 N–H and O–H groups in total. The van der Waals surface area contributed by atoms with Crippen molar-refractivity contribution in [3.8, 4) is 0 Å². The summed E-state index contributed by atoms with van der Waals surface area (Å²) in [4.78, 5) is 27.9. The van der Waals surface area contributed by atoms with Crippen LogP contribution in [0.1, 0.15) is 5.69 Å². The first-order valence-electron chi connectivity index (χ1n) is 5.75. The standard InChI is InChI=1S/C13H11BrClN3O2/c1-8-12(14)13(20)18(7-16-8)6-11(19)17-10-5-3-2-4-9(10)15/h2-5,7H,6H2,1H3,(H,17,19). The average Bonchev–Trinajstić information content (AvgIpc) is 2.42. The smallest absolute Gasteiger partial charge is 0.268 e. The van der Waals surface area contributed by atoms with Crippen molar-refractivity contribution in [2.24, 2.45) is 0 Å². The molecular weight excluding hydrogens is 346 g/mol. The maximum atomic E-state index is 11.9. The molecule has 0 fully saturated rings. The number of nitrogens with one attached hydrogen (secondary N) is 1. The summed E-state index contributed by atoms with van der Waals surface area (Å²) in [7, 11) is 0. The second kappa shape index (κ2) is 6.19. The van der Waals surface area contributed by atoms with Crippen molar-refractivity contribution in [2.75, 3.05) is 5.32 Å². The molecule has 0 aliphatic carbocycles. The van der Waals surface area contributed by atoms with Crippen LogP contribution in [0.4, 0.5) is 5.69 Å². The zero-order valence-corrected chi connectivity index (χ0v) is 12.9. The van der Waals surface area contributed by atoms with Gasteiger partial charge in [-0.3, -0.25) is 14.2 Å². The molecule has 0 atom stereocenters. The third-order valence-corrected chi connectivity index (χ3v) is 3.86. The molecule has 20 heavy (non-hydrogen) atoms. The maximum absolute atomic E-state index is 11.9. The highest BCUT2D eigenvalue weighted by molar-refractivity contribution is 9.10. The number of aryl methyl sites for hydroxylation is 1. The molecule has 0 unspecified atom stereocenters. The third kappa shape index (κ3) is 3.26. The summed E-state index contributed by atoms with van der Waals surface area (Å²) in [6.45, 7) is 1.58. The molecule has 0 saturated heterocycles. The first-order chi connectivity index (χ1) is 9.49. The van der Waals surface area contributed by atoms with Crippen LogP contribution in [-0.2, 0) is 11.3 Å². The van der Waals surface area contributed by atoms with Gasteiger partial charge in [0.05, 0.1) is 22.7 Å². The van der Waals surface area contributed by atoms with Crippen LogP contribution in [0.2, 0.25) is 5.02 Å². The van der Waals surface area contributed by atoms with Crippen LogP contribution >= 0.6 is 27.5 Å². The summed E-state index contributed by atoms with van der Waals surface area (Å²) in [6.07, 6.45) is 1.34. The number of aromatic nitrogens is 2. The fourth-order valence-electron chi connectivity index (χ4n) is 1.57. The van der Waals surface area contributed by atoms with Gasteiger partial charge in [-0.2, -0.15) is 0 Å². The molecule has 104 valence electrons. The zero-order chi connectivity index (χ0) is 14.7. The Morgan fingerprint density at radius 2 is 2.15 bits per heavy atom. The molecular formula is C13H11BrClN3O2. The van der Waals surface area contributed by atoms with Gasteiger partial charge in [0, 0.05) is 0 Å². The van der Waals surface area contributed by atoms with E-state index in [4.69, 9.17) is 11.6 Å². The number of anilines is 1. The van der Waals surface area contributed by atoms with E-state index in [2.05, 4.69) is 26.2 Å². The molecule has 0 bridgehead atoms. The Morgan fingerprint density at radius 3 is 2.85 bits per heavy atom. The van der Waals surface area contributed by atoms with Gasteiger partial charge < -0.3 is 5.32 Å². The largest absolute Gasteiger partial charge is 0.323 e. The SMILES string of the molecule is Cc1ncn(CC(=O)Nc2ccccc2Cl)c(=O)c1Br. The van der Waals surface area contributed by atoms with E-state index in [1.807, 2.05) is 0 Å². The minimum Gasteiger partial charge on any atom is -0.323 e.